The van der Waals surface area contributed by atoms with E-state index in [9.17, 15) is 4.79 Å². The van der Waals surface area contributed by atoms with Gasteiger partial charge in [-0.15, -0.1) is 12.4 Å². The highest BCUT2D eigenvalue weighted by Crippen LogP contribution is 2.43. The third kappa shape index (κ3) is 3.43. The molecule has 4 aliphatic rings. The van der Waals surface area contributed by atoms with Gasteiger partial charge in [0.15, 0.2) is 0 Å². The maximum Gasteiger partial charge on any atom is 0.247 e. The van der Waals surface area contributed by atoms with Gasteiger partial charge in [-0.2, -0.15) is 0 Å². The number of carbonyl (C=O) groups excluding carboxylic acids is 1. The Morgan fingerprint density at radius 3 is 2.39 bits per heavy atom. The molecule has 4 nitrogen and oxygen atoms in total. The van der Waals surface area contributed by atoms with Crippen molar-refractivity contribution in [2.24, 2.45) is 11.8 Å². The number of benzene rings is 1. The number of para-hydroxylation sites is 1. The first-order valence-electron chi connectivity index (χ1n) is 11.1. The molecule has 1 spiro atoms. The highest BCUT2D eigenvalue weighted by Gasteiger charge is 2.51. The van der Waals surface area contributed by atoms with Crippen LogP contribution in [0.4, 0.5) is 5.69 Å². The van der Waals surface area contributed by atoms with Gasteiger partial charge in [-0.05, 0) is 56.1 Å². The first-order chi connectivity index (χ1) is 13.3. The quantitative estimate of drug-likeness (QED) is 0.803. The van der Waals surface area contributed by atoms with E-state index in [0.717, 1.165) is 43.8 Å². The van der Waals surface area contributed by atoms with Gasteiger partial charge < -0.3 is 15.1 Å². The van der Waals surface area contributed by atoms with Crippen molar-refractivity contribution < 1.29 is 4.79 Å². The third-order valence-electron chi connectivity index (χ3n) is 8.06. The molecule has 0 bridgehead atoms. The second-order valence-electron chi connectivity index (χ2n) is 9.27. The lowest BCUT2D eigenvalue weighted by atomic mass is 9.69. The van der Waals surface area contributed by atoms with E-state index in [4.69, 9.17) is 0 Å². The first kappa shape index (κ1) is 20.0. The zero-order valence-corrected chi connectivity index (χ0v) is 17.6. The molecule has 2 saturated heterocycles. The van der Waals surface area contributed by atoms with Crippen molar-refractivity contribution in [1.82, 2.24) is 10.2 Å². The van der Waals surface area contributed by atoms with Crippen molar-refractivity contribution in [3.8, 4) is 0 Å². The number of anilines is 1. The third-order valence-corrected chi connectivity index (χ3v) is 8.06. The van der Waals surface area contributed by atoms with Gasteiger partial charge >= 0.3 is 0 Å². The van der Waals surface area contributed by atoms with Crippen LogP contribution in [0, 0.1) is 11.8 Å². The Morgan fingerprint density at radius 1 is 0.929 bits per heavy atom. The van der Waals surface area contributed by atoms with Crippen molar-refractivity contribution in [3.05, 3.63) is 30.3 Å². The lowest BCUT2D eigenvalue weighted by Gasteiger charge is -2.48. The molecule has 3 unspecified atom stereocenters. The molecule has 3 atom stereocenters. The van der Waals surface area contributed by atoms with E-state index in [-0.39, 0.29) is 23.9 Å². The normalized spacial score (nSPS) is 32.5. The van der Waals surface area contributed by atoms with Crippen LogP contribution in [-0.2, 0) is 4.79 Å². The minimum absolute atomic E-state index is 0. The predicted molar refractivity (Wildman–Crippen MR) is 116 cm³/mol. The number of likely N-dealkylation sites (tertiary alicyclic amines) is 1. The summed E-state index contributed by atoms with van der Waals surface area (Å²) in [5.74, 6) is 2.23. The fraction of sp³-hybridized carbons (Fsp3) is 0.696. The zero-order valence-electron chi connectivity index (χ0n) is 16.8. The topological polar surface area (TPSA) is 35.6 Å². The summed E-state index contributed by atoms with van der Waals surface area (Å²) in [5, 5.41) is 3.13. The first-order valence-corrected chi connectivity index (χ1v) is 11.1. The molecule has 5 heteroatoms. The van der Waals surface area contributed by atoms with E-state index in [1.54, 1.807) is 0 Å². The van der Waals surface area contributed by atoms with E-state index in [0.29, 0.717) is 6.67 Å². The number of piperidine rings is 1. The molecule has 1 aromatic rings. The van der Waals surface area contributed by atoms with Crippen molar-refractivity contribution >= 4 is 24.0 Å². The number of rotatable bonds is 2. The lowest BCUT2D eigenvalue weighted by Crippen LogP contribution is -2.58. The van der Waals surface area contributed by atoms with E-state index in [1.807, 2.05) is 6.07 Å². The molecule has 1 amide bonds. The average Bonchev–Trinajstić information content (AvgIpc) is 3.04. The molecule has 5 rings (SSSR count). The molecule has 0 radical (unpaired) electrons. The minimum Gasteiger partial charge on any atom is -0.339 e. The second kappa shape index (κ2) is 8.23. The van der Waals surface area contributed by atoms with Gasteiger partial charge in [-0.1, -0.05) is 43.9 Å². The van der Waals surface area contributed by atoms with Crippen LogP contribution in [-0.4, -0.2) is 42.1 Å². The molecular weight excluding hydrogens is 370 g/mol. The molecule has 4 fully saturated rings. The van der Waals surface area contributed by atoms with Gasteiger partial charge in [-0.25, -0.2) is 0 Å². The second-order valence-corrected chi connectivity index (χ2v) is 9.27. The summed E-state index contributed by atoms with van der Waals surface area (Å²) in [6, 6.07) is 11.2. The summed E-state index contributed by atoms with van der Waals surface area (Å²) in [4.78, 5) is 17.9. The number of fused-ring (bicyclic) bond motifs is 1. The van der Waals surface area contributed by atoms with Gasteiger partial charge in [0, 0.05) is 24.8 Å². The molecule has 2 aliphatic carbocycles. The van der Waals surface area contributed by atoms with Crippen molar-refractivity contribution in [2.45, 2.75) is 69.4 Å². The van der Waals surface area contributed by atoms with E-state index in [1.165, 1.54) is 50.6 Å². The molecule has 2 heterocycles. The van der Waals surface area contributed by atoms with E-state index in [2.05, 4.69) is 39.4 Å². The van der Waals surface area contributed by atoms with Crippen LogP contribution in [0.5, 0.6) is 0 Å². The number of carbonyl (C=O) groups is 1. The van der Waals surface area contributed by atoms with Crippen LogP contribution in [0.2, 0.25) is 0 Å². The van der Waals surface area contributed by atoms with Crippen LogP contribution < -0.4 is 10.2 Å². The van der Waals surface area contributed by atoms with Crippen LogP contribution in [0.1, 0.15) is 57.8 Å². The van der Waals surface area contributed by atoms with Crippen LogP contribution in [0.15, 0.2) is 30.3 Å². The fourth-order valence-electron chi connectivity index (χ4n) is 6.47. The molecule has 28 heavy (non-hydrogen) atoms. The monoisotopic (exact) mass is 403 g/mol. The van der Waals surface area contributed by atoms with E-state index >= 15 is 0 Å². The van der Waals surface area contributed by atoms with Crippen LogP contribution in [0.25, 0.3) is 0 Å². The van der Waals surface area contributed by atoms with Gasteiger partial charge in [0.2, 0.25) is 5.91 Å². The number of halogens is 1. The van der Waals surface area contributed by atoms with Crippen LogP contribution in [0.3, 0.4) is 0 Å². The Kier molecular flexibility index (Phi) is 5.89. The maximum atomic E-state index is 12.8. The smallest absolute Gasteiger partial charge is 0.247 e. The molecule has 0 aromatic heterocycles. The number of nitrogens with zero attached hydrogens (tertiary/aromatic N) is 2. The van der Waals surface area contributed by atoms with Crippen LogP contribution >= 0.6 is 12.4 Å². The molecule has 1 aromatic carbocycles. The standard InChI is InChI=1S/C23H33N3O.ClH/c27-22-23(26(17-24-22)20-8-2-1-3-9-20)12-14-25(15-13-23)21-11-10-18-6-4-5-7-19(18)16-21;/h1-3,8-9,18-19,21H,4-7,10-17H2,(H,24,27);1H. The summed E-state index contributed by atoms with van der Waals surface area (Å²) in [5.41, 5.74) is 0.840. The number of amides is 1. The van der Waals surface area contributed by atoms with Crippen molar-refractivity contribution in [1.29, 1.82) is 0 Å². The van der Waals surface area contributed by atoms with Crippen molar-refractivity contribution in [3.63, 3.8) is 0 Å². The summed E-state index contributed by atoms with van der Waals surface area (Å²) in [7, 11) is 0. The summed E-state index contributed by atoms with van der Waals surface area (Å²) < 4.78 is 0. The Labute approximate surface area is 175 Å². The number of hydrogen-bond donors (Lipinski definition) is 1. The molecule has 2 aliphatic heterocycles. The van der Waals surface area contributed by atoms with E-state index < -0.39 is 0 Å². The Morgan fingerprint density at radius 2 is 1.64 bits per heavy atom. The fourth-order valence-corrected chi connectivity index (χ4v) is 6.47. The number of nitrogens with one attached hydrogen (secondary N) is 1. The number of hydrogen-bond acceptors (Lipinski definition) is 3. The Balaban J connectivity index is 0.00000192. The highest BCUT2D eigenvalue weighted by molar-refractivity contribution is 5.93. The Hall–Kier alpha value is -1.26. The largest absolute Gasteiger partial charge is 0.339 e. The SMILES string of the molecule is Cl.O=C1NCN(c2ccccc2)C12CCN(C1CCC3CCCCC3C1)CC2. The van der Waals surface area contributed by atoms with Gasteiger partial charge in [0.1, 0.15) is 5.54 Å². The summed E-state index contributed by atoms with van der Waals surface area (Å²) in [6.07, 6.45) is 12.0. The average molecular weight is 404 g/mol. The molecule has 154 valence electrons. The lowest BCUT2D eigenvalue weighted by molar-refractivity contribution is -0.125. The van der Waals surface area contributed by atoms with Gasteiger partial charge in [0.25, 0.3) is 0 Å². The van der Waals surface area contributed by atoms with Gasteiger partial charge in [0.05, 0.1) is 6.67 Å². The summed E-state index contributed by atoms with van der Waals surface area (Å²) in [6.45, 7) is 2.79. The van der Waals surface area contributed by atoms with Gasteiger partial charge in [-0.3, -0.25) is 4.79 Å². The minimum atomic E-state index is -0.333. The summed E-state index contributed by atoms with van der Waals surface area (Å²) >= 11 is 0. The molecule has 1 N–H and O–H groups in total. The molecular formula is C23H34ClN3O. The predicted octanol–water partition coefficient (Wildman–Crippen LogP) is 4.20. The Bertz CT molecular complexity index is 674. The maximum absolute atomic E-state index is 12.8. The van der Waals surface area contributed by atoms with Crippen molar-refractivity contribution in [2.75, 3.05) is 24.7 Å². The zero-order chi connectivity index (χ0) is 18.3. The highest BCUT2D eigenvalue weighted by atomic mass is 35.5. The molecule has 2 saturated carbocycles.